The minimum absolute atomic E-state index is 0.234. The van der Waals surface area contributed by atoms with Crippen LogP contribution in [0.25, 0.3) is 0 Å². The quantitative estimate of drug-likeness (QED) is 0.876. The Hall–Kier alpha value is -0.930. The van der Waals surface area contributed by atoms with Crippen LogP contribution >= 0.6 is 0 Å². The highest BCUT2D eigenvalue weighted by molar-refractivity contribution is 5.24. The first-order valence-electron chi connectivity index (χ1n) is 6.25. The van der Waals surface area contributed by atoms with Crippen molar-refractivity contribution in [3.63, 3.8) is 0 Å². The van der Waals surface area contributed by atoms with Gasteiger partial charge in [-0.25, -0.2) is 4.39 Å². The maximum Gasteiger partial charge on any atom is 0.128 e. The van der Waals surface area contributed by atoms with Crippen molar-refractivity contribution in [3.8, 4) is 0 Å². The summed E-state index contributed by atoms with van der Waals surface area (Å²) in [5, 5.41) is 0. The molecule has 2 nitrogen and oxygen atoms in total. The molecule has 1 atom stereocenters. The molecule has 1 aromatic carbocycles. The fourth-order valence-corrected chi connectivity index (χ4v) is 2.80. The first-order chi connectivity index (χ1) is 8.19. The molecule has 3 heteroatoms. The van der Waals surface area contributed by atoms with Crippen LogP contribution in [0.5, 0.6) is 0 Å². The Kier molecular flexibility index (Phi) is 3.79. The van der Waals surface area contributed by atoms with Crippen LogP contribution in [0.3, 0.4) is 0 Å². The van der Waals surface area contributed by atoms with E-state index in [1.807, 2.05) is 6.07 Å². The fraction of sp³-hybridized carbons (Fsp3) is 0.571. The number of ether oxygens (including phenoxy) is 1. The second kappa shape index (κ2) is 5.15. The summed E-state index contributed by atoms with van der Waals surface area (Å²) in [6, 6.07) is 6.35. The molecule has 1 saturated carbocycles. The van der Waals surface area contributed by atoms with Crippen LogP contribution in [0.4, 0.5) is 4.39 Å². The SMILES string of the molecule is COC1(C(N)c2ccccc2F)CCCCC1. The summed E-state index contributed by atoms with van der Waals surface area (Å²) >= 11 is 0. The predicted molar refractivity (Wildman–Crippen MR) is 66.2 cm³/mol. The zero-order chi connectivity index (χ0) is 12.3. The molecule has 94 valence electrons. The van der Waals surface area contributed by atoms with E-state index < -0.39 is 0 Å². The van der Waals surface area contributed by atoms with Crippen LogP contribution in [0.2, 0.25) is 0 Å². The van der Waals surface area contributed by atoms with Crippen molar-refractivity contribution in [1.29, 1.82) is 0 Å². The summed E-state index contributed by atoms with van der Waals surface area (Å²) in [7, 11) is 1.69. The van der Waals surface area contributed by atoms with Crippen molar-refractivity contribution >= 4 is 0 Å². The van der Waals surface area contributed by atoms with Crippen molar-refractivity contribution < 1.29 is 9.13 Å². The van der Waals surface area contributed by atoms with Gasteiger partial charge < -0.3 is 10.5 Å². The molecule has 2 rings (SSSR count). The molecule has 1 aliphatic rings. The number of rotatable bonds is 3. The maximum absolute atomic E-state index is 13.8. The Morgan fingerprint density at radius 2 is 1.88 bits per heavy atom. The van der Waals surface area contributed by atoms with Crippen molar-refractivity contribution in [2.45, 2.75) is 43.7 Å². The van der Waals surface area contributed by atoms with Crippen LogP contribution < -0.4 is 5.73 Å². The summed E-state index contributed by atoms with van der Waals surface area (Å²) in [5.74, 6) is -0.234. The largest absolute Gasteiger partial charge is 0.376 e. The Morgan fingerprint density at radius 3 is 2.47 bits per heavy atom. The average molecular weight is 237 g/mol. The zero-order valence-corrected chi connectivity index (χ0v) is 10.3. The van der Waals surface area contributed by atoms with Gasteiger partial charge in [0, 0.05) is 12.7 Å². The van der Waals surface area contributed by atoms with E-state index in [-0.39, 0.29) is 17.5 Å². The van der Waals surface area contributed by atoms with Gasteiger partial charge in [0.25, 0.3) is 0 Å². The van der Waals surface area contributed by atoms with Gasteiger partial charge in [0.1, 0.15) is 5.82 Å². The minimum Gasteiger partial charge on any atom is -0.376 e. The van der Waals surface area contributed by atoms with Crippen molar-refractivity contribution in [2.24, 2.45) is 5.73 Å². The zero-order valence-electron chi connectivity index (χ0n) is 10.3. The van der Waals surface area contributed by atoms with E-state index in [0.29, 0.717) is 5.56 Å². The highest BCUT2D eigenvalue weighted by Crippen LogP contribution is 2.40. The number of halogens is 1. The molecule has 0 spiro atoms. The second-order valence-corrected chi connectivity index (χ2v) is 4.83. The molecule has 0 radical (unpaired) electrons. The Labute approximate surface area is 102 Å². The summed E-state index contributed by atoms with van der Waals surface area (Å²) in [6.45, 7) is 0. The maximum atomic E-state index is 13.8. The molecule has 17 heavy (non-hydrogen) atoms. The molecular weight excluding hydrogens is 217 g/mol. The molecule has 0 aliphatic heterocycles. The van der Waals surface area contributed by atoms with Gasteiger partial charge in [0.15, 0.2) is 0 Å². The first-order valence-corrected chi connectivity index (χ1v) is 6.25. The van der Waals surface area contributed by atoms with Crippen LogP contribution in [0, 0.1) is 5.82 Å². The molecule has 1 aromatic rings. The lowest BCUT2D eigenvalue weighted by molar-refractivity contribution is -0.0602. The molecule has 0 bridgehead atoms. The van der Waals surface area contributed by atoms with Crippen molar-refractivity contribution in [3.05, 3.63) is 35.6 Å². The van der Waals surface area contributed by atoms with E-state index in [4.69, 9.17) is 10.5 Å². The van der Waals surface area contributed by atoms with Gasteiger partial charge in [-0.1, -0.05) is 37.5 Å². The number of hydrogen-bond donors (Lipinski definition) is 1. The standard InChI is InChI=1S/C14H20FNO/c1-17-14(9-5-2-6-10-14)13(16)11-7-3-4-8-12(11)15/h3-4,7-8,13H,2,5-6,9-10,16H2,1H3. The molecule has 0 aromatic heterocycles. The normalized spacial score (nSPS) is 21.1. The second-order valence-electron chi connectivity index (χ2n) is 4.83. The predicted octanol–water partition coefficient (Wildman–Crippen LogP) is 3.17. The Balaban J connectivity index is 2.28. The number of nitrogens with two attached hydrogens (primary N) is 1. The third-order valence-electron chi connectivity index (χ3n) is 3.91. The molecule has 1 unspecified atom stereocenters. The van der Waals surface area contributed by atoms with Crippen LogP contribution in [0.1, 0.15) is 43.7 Å². The van der Waals surface area contributed by atoms with Gasteiger partial charge in [-0.15, -0.1) is 0 Å². The van der Waals surface area contributed by atoms with E-state index in [0.717, 1.165) is 25.7 Å². The van der Waals surface area contributed by atoms with Gasteiger partial charge in [0.2, 0.25) is 0 Å². The van der Waals surface area contributed by atoms with Gasteiger partial charge in [-0.05, 0) is 18.9 Å². The van der Waals surface area contributed by atoms with Crippen molar-refractivity contribution in [2.75, 3.05) is 7.11 Å². The monoisotopic (exact) mass is 237 g/mol. The fourth-order valence-electron chi connectivity index (χ4n) is 2.80. The highest BCUT2D eigenvalue weighted by atomic mass is 19.1. The third-order valence-corrected chi connectivity index (χ3v) is 3.91. The van der Waals surface area contributed by atoms with Crippen LogP contribution in [0.15, 0.2) is 24.3 Å². The summed E-state index contributed by atoms with van der Waals surface area (Å²) < 4.78 is 19.4. The molecule has 1 aliphatic carbocycles. The van der Waals surface area contributed by atoms with E-state index in [1.165, 1.54) is 12.5 Å². The van der Waals surface area contributed by atoms with Crippen LogP contribution in [-0.4, -0.2) is 12.7 Å². The lowest BCUT2D eigenvalue weighted by Crippen LogP contribution is -2.45. The molecular formula is C14H20FNO. The van der Waals surface area contributed by atoms with Crippen molar-refractivity contribution in [1.82, 2.24) is 0 Å². The lowest BCUT2D eigenvalue weighted by atomic mass is 9.77. The third kappa shape index (κ3) is 2.35. The molecule has 0 saturated heterocycles. The number of hydrogen-bond acceptors (Lipinski definition) is 2. The van der Waals surface area contributed by atoms with E-state index >= 15 is 0 Å². The van der Waals surface area contributed by atoms with E-state index in [1.54, 1.807) is 19.2 Å². The Bertz CT molecular complexity index is 374. The number of benzene rings is 1. The van der Waals surface area contributed by atoms with Gasteiger partial charge >= 0.3 is 0 Å². The first kappa shape index (κ1) is 12.5. The lowest BCUT2D eigenvalue weighted by Gasteiger charge is -2.41. The van der Waals surface area contributed by atoms with Gasteiger partial charge in [-0.2, -0.15) is 0 Å². The smallest absolute Gasteiger partial charge is 0.128 e. The average Bonchev–Trinajstić information content (AvgIpc) is 2.39. The molecule has 2 N–H and O–H groups in total. The van der Waals surface area contributed by atoms with E-state index in [9.17, 15) is 4.39 Å². The van der Waals surface area contributed by atoms with Gasteiger partial charge in [0.05, 0.1) is 11.6 Å². The molecule has 0 amide bonds. The summed E-state index contributed by atoms with van der Waals surface area (Å²) in [6.07, 6.45) is 5.26. The van der Waals surface area contributed by atoms with Gasteiger partial charge in [-0.3, -0.25) is 0 Å². The van der Waals surface area contributed by atoms with E-state index in [2.05, 4.69) is 0 Å². The molecule has 1 fully saturated rings. The summed E-state index contributed by atoms with van der Waals surface area (Å²) in [5.41, 5.74) is 6.43. The summed E-state index contributed by atoms with van der Waals surface area (Å²) in [4.78, 5) is 0. The Morgan fingerprint density at radius 1 is 1.24 bits per heavy atom. The van der Waals surface area contributed by atoms with Crippen LogP contribution in [-0.2, 0) is 4.74 Å². The highest BCUT2D eigenvalue weighted by Gasteiger charge is 2.39. The topological polar surface area (TPSA) is 35.2 Å². The number of methoxy groups -OCH3 is 1. The molecule has 0 heterocycles. The minimum atomic E-state index is -0.388.